The third kappa shape index (κ3) is 2.18. The molecular weight excluding hydrogens is 274 g/mol. The maximum Gasteiger partial charge on any atom is 0.399 e. The van der Waals surface area contributed by atoms with E-state index in [9.17, 15) is 14.4 Å². The molecule has 1 aromatic rings. The van der Waals surface area contributed by atoms with E-state index in [2.05, 4.69) is 6.58 Å². The van der Waals surface area contributed by atoms with E-state index in [1.165, 1.54) is 7.05 Å². The number of nitrogens with zero attached hydrogens (tertiary/aromatic N) is 1. The van der Waals surface area contributed by atoms with Crippen LogP contribution in [0.3, 0.4) is 0 Å². The number of carbonyl (C=O) groups is 3. The highest BCUT2D eigenvalue weighted by molar-refractivity contribution is 6.34. The van der Waals surface area contributed by atoms with Gasteiger partial charge in [0.25, 0.3) is 0 Å². The summed E-state index contributed by atoms with van der Waals surface area (Å²) in [6.45, 7) is 5.47. The lowest BCUT2D eigenvalue weighted by Crippen LogP contribution is -2.45. The third-order valence-corrected chi connectivity index (χ3v) is 3.29. The van der Waals surface area contributed by atoms with Gasteiger partial charge >= 0.3 is 17.8 Å². The average Bonchev–Trinajstić information content (AvgIpc) is 2.73. The zero-order chi connectivity index (χ0) is 15.6. The first kappa shape index (κ1) is 14.8. The number of hydrogen-bond donors (Lipinski definition) is 0. The number of likely N-dealkylation sites (N-methyl/N-ethyl adjacent to an activating group) is 1. The minimum Gasteiger partial charge on any atom is -0.462 e. The van der Waals surface area contributed by atoms with Crippen molar-refractivity contribution in [3.8, 4) is 0 Å². The molecule has 1 fully saturated rings. The molecule has 0 radical (unpaired) electrons. The predicted molar refractivity (Wildman–Crippen MR) is 72.8 cm³/mol. The van der Waals surface area contributed by atoms with Crippen LogP contribution in [0, 0.1) is 0 Å². The summed E-state index contributed by atoms with van der Waals surface area (Å²) < 4.78 is 10.1. The molecule has 2 rings (SSSR count). The molecule has 1 atom stereocenters. The van der Waals surface area contributed by atoms with E-state index in [-0.39, 0.29) is 12.2 Å². The van der Waals surface area contributed by atoms with Crippen molar-refractivity contribution < 1.29 is 23.9 Å². The van der Waals surface area contributed by atoms with Crippen molar-refractivity contribution in [2.75, 3.05) is 13.7 Å². The summed E-state index contributed by atoms with van der Waals surface area (Å²) in [4.78, 5) is 36.6. The molecule has 1 amide bonds. The monoisotopic (exact) mass is 289 g/mol. The van der Waals surface area contributed by atoms with Gasteiger partial charge in [0.1, 0.15) is 0 Å². The fourth-order valence-corrected chi connectivity index (χ4v) is 2.24. The van der Waals surface area contributed by atoms with Crippen LogP contribution in [0.15, 0.2) is 42.5 Å². The number of amides is 1. The highest BCUT2D eigenvalue weighted by Crippen LogP contribution is 2.40. The Hall–Kier alpha value is -2.63. The van der Waals surface area contributed by atoms with Gasteiger partial charge in [-0.1, -0.05) is 36.9 Å². The summed E-state index contributed by atoms with van der Waals surface area (Å²) in [7, 11) is 1.38. The molecule has 0 bridgehead atoms. The fourth-order valence-electron chi connectivity index (χ4n) is 2.24. The molecular formula is C15H15NO5. The van der Waals surface area contributed by atoms with Crippen molar-refractivity contribution >= 4 is 17.8 Å². The first-order chi connectivity index (χ1) is 9.95. The molecule has 1 aliphatic heterocycles. The van der Waals surface area contributed by atoms with Gasteiger partial charge in [-0.25, -0.2) is 9.59 Å². The second kappa shape index (κ2) is 5.40. The zero-order valence-electron chi connectivity index (χ0n) is 11.8. The van der Waals surface area contributed by atoms with E-state index < -0.39 is 23.6 Å². The van der Waals surface area contributed by atoms with Gasteiger partial charge < -0.3 is 9.47 Å². The number of hydrogen-bond acceptors (Lipinski definition) is 5. The SMILES string of the molecule is C=C(C(=O)OCC)C1(c2ccccc2)OC(=O)C(=O)N1C. The summed E-state index contributed by atoms with van der Waals surface area (Å²) in [6.07, 6.45) is 0. The highest BCUT2D eigenvalue weighted by Gasteiger charge is 2.56. The number of esters is 2. The molecule has 1 saturated heterocycles. The molecule has 0 aromatic heterocycles. The van der Waals surface area contributed by atoms with Crippen LogP contribution < -0.4 is 0 Å². The Balaban J connectivity index is 2.56. The number of benzene rings is 1. The fraction of sp³-hybridized carbons (Fsp3) is 0.267. The Morgan fingerprint density at radius 3 is 2.43 bits per heavy atom. The molecule has 1 aromatic carbocycles. The Kier molecular flexibility index (Phi) is 3.80. The van der Waals surface area contributed by atoms with Crippen LogP contribution in [0.25, 0.3) is 0 Å². The van der Waals surface area contributed by atoms with Gasteiger partial charge in [0.05, 0.1) is 12.2 Å². The van der Waals surface area contributed by atoms with Crippen molar-refractivity contribution in [1.29, 1.82) is 0 Å². The molecule has 0 N–H and O–H groups in total. The van der Waals surface area contributed by atoms with Crippen molar-refractivity contribution in [3.63, 3.8) is 0 Å². The molecule has 6 nitrogen and oxygen atoms in total. The quantitative estimate of drug-likeness (QED) is 0.469. The van der Waals surface area contributed by atoms with E-state index in [0.717, 1.165) is 4.90 Å². The van der Waals surface area contributed by atoms with Crippen molar-refractivity contribution in [3.05, 3.63) is 48.0 Å². The van der Waals surface area contributed by atoms with Crippen LogP contribution in [0.1, 0.15) is 12.5 Å². The Labute approximate surface area is 121 Å². The van der Waals surface area contributed by atoms with E-state index in [4.69, 9.17) is 9.47 Å². The van der Waals surface area contributed by atoms with Crippen molar-refractivity contribution in [1.82, 2.24) is 4.90 Å². The van der Waals surface area contributed by atoms with Gasteiger partial charge in [-0.05, 0) is 6.92 Å². The molecule has 110 valence electrons. The first-order valence-corrected chi connectivity index (χ1v) is 6.38. The van der Waals surface area contributed by atoms with Gasteiger partial charge in [0, 0.05) is 12.6 Å². The molecule has 21 heavy (non-hydrogen) atoms. The summed E-state index contributed by atoms with van der Waals surface area (Å²) in [5.41, 5.74) is -1.34. The molecule has 0 saturated carbocycles. The van der Waals surface area contributed by atoms with E-state index in [0.29, 0.717) is 5.56 Å². The number of rotatable bonds is 4. The maximum atomic E-state index is 12.0. The molecule has 0 aliphatic carbocycles. The molecule has 6 heteroatoms. The van der Waals surface area contributed by atoms with Crippen LogP contribution in [0.2, 0.25) is 0 Å². The topological polar surface area (TPSA) is 72.9 Å². The van der Waals surface area contributed by atoms with Crippen LogP contribution in [-0.4, -0.2) is 36.4 Å². The van der Waals surface area contributed by atoms with Crippen LogP contribution >= 0.6 is 0 Å². The van der Waals surface area contributed by atoms with Crippen LogP contribution in [0.5, 0.6) is 0 Å². The highest BCUT2D eigenvalue weighted by atomic mass is 16.6. The van der Waals surface area contributed by atoms with Gasteiger partial charge in [-0.15, -0.1) is 0 Å². The second-order valence-corrected chi connectivity index (χ2v) is 4.46. The lowest BCUT2D eigenvalue weighted by atomic mass is 9.94. The number of cyclic esters (lactones) is 1. The largest absolute Gasteiger partial charge is 0.462 e. The summed E-state index contributed by atoms with van der Waals surface area (Å²) >= 11 is 0. The summed E-state index contributed by atoms with van der Waals surface area (Å²) in [5, 5.41) is 0. The first-order valence-electron chi connectivity index (χ1n) is 6.38. The van der Waals surface area contributed by atoms with Crippen molar-refractivity contribution in [2.24, 2.45) is 0 Å². The molecule has 1 unspecified atom stereocenters. The van der Waals surface area contributed by atoms with E-state index in [1.807, 2.05) is 0 Å². The van der Waals surface area contributed by atoms with Gasteiger partial charge in [0.15, 0.2) is 0 Å². The Morgan fingerprint density at radius 1 is 1.33 bits per heavy atom. The van der Waals surface area contributed by atoms with Gasteiger partial charge in [-0.2, -0.15) is 0 Å². The zero-order valence-corrected chi connectivity index (χ0v) is 11.8. The van der Waals surface area contributed by atoms with Gasteiger partial charge in [0.2, 0.25) is 5.72 Å². The Bertz CT molecular complexity index is 610. The van der Waals surface area contributed by atoms with Crippen LogP contribution in [-0.2, 0) is 29.6 Å². The maximum absolute atomic E-state index is 12.0. The average molecular weight is 289 g/mol. The number of ether oxygens (including phenoxy) is 2. The Morgan fingerprint density at radius 2 is 1.95 bits per heavy atom. The lowest BCUT2D eigenvalue weighted by molar-refractivity contribution is -0.155. The molecule has 1 aliphatic rings. The lowest BCUT2D eigenvalue weighted by Gasteiger charge is -2.34. The van der Waals surface area contributed by atoms with E-state index >= 15 is 0 Å². The smallest absolute Gasteiger partial charge is 0.399 e. The number of carbonyl (C=O) groups excluding carboxylic acids is 3. The standard InChI is InChI=1S/C15H15NO5/c1-4-20-13(18)10(2)15(11-8-6-5-7-9-11)16(3)12(17)14(19)21-15/h5-9H,2,4H2,1,3H3. The summed E-state index contributed by atoms with van der Waals surface area (Å²) in [5.74, 6) is -2.60. The minimum absolute atomic E-state index is 0.128. The second-order valence-electron chi connectivity index (χ2n) is 4.46. The van der Waals surface area contributed by atoms with Crippen molar-refractivity contribution in [2.45, 2.75) is 12.6 Å². The molecule has 1 heterocycles. The van der Waals surface area contributed by atoms with Crippen LogP contribution in [0.4, 0.5) is 0 Å². The summed E-state index contributed by atoms with van der Waals surface area (Å²) in [6, 6.07) is 8.47. The minimum atomic E-state index is -1.66. The predicted octanol–water partition coefficient (Wildman–Crippen LogP) is 0.974. The molecule has 0 spiro atoms. The van der Waals surface area contributed by atoms with Gasteiger partial charge in [-0.3, -0.25) is 9.69 Å². The third-order valence-electron chi connectivity index (χ3n) is 3.29. The van der Waals surface area contributed by atoms with E-state index in [1.54, 1.807) is 37.3 Å². The normalized spacial score (nSPS) is 21.1.